The molecule has 0 aliphatic carbocycles. The monoisotopic (exact) mass is 441 g/mol. The normalized spacial score (nSPS) is 18.4. The number of aliphatic hydroxyl groups is 1. The quantitative estimate of drug-likeness (QED) is 0.541. The maximum absolute atomic E-state index is 13.3. The van der Waals surface area contributed by atoms with E-state index in [2.05, 4.69) is 28.6 Å². The standard InChI is InChI=1S/C23H24BrNO3/c1-6-9-25-19-8-7-17(24)11-18(19)23(28,22(25)27)12-20(26)21-15(4)13(2)10-14(3)16(21)5/h6-8,10-11,28H,1,9,12H2,2-5H3. The van der Waals surface area contributed by atoms with Crippen LogP contribution in [0.15, 0.2) is 41.4 Å². The van der Waals surface area contributed by atoms with E-state index >= 15 is 0 Å². The van der Waals surface area contributed by atoms with Gasteiger partial charge >= 0.3 is 0 Å². The van der Waals surface area contributed by atoms with Crippen molar-refractivity contribution < 1.29 is 14.7 Å². The number of amides is 1. The SMILES string of the molecule is C=CCN1C(=O)C(O)(CC(=O)c2c(C)c(C)cc(C)c2C)c2cc(Br)ccc21. The zero-order valence-electron chi connectivity index (χ0n) is 16.6. The van der Waals surface area contributed by atoms with Crippen LogP contribution in [0, 0.1) is 27.7 Å². The van der Waals surface area contributed by atoms with E-state index in [-0.39, 0.29) is 18.7 Å². The Bertz CT molecular complexity index is 985. The molecule has 5 heteroatoms. The van der Waals surface area contributed by atoms with E-state index in [0.29, 0.717) is 16.8 Å². The van der Waals surface area contributed by atoms with Gasteiger partial charge in [0.25, 0.3) is 5.91 Å². The molecule has 0 radical (unpaired) electrons. The van der Waals surface area contributed by atoms with E-state index in [9.17, 15) is 14.7 Å². The molecular formula is C23H24BrNO3. The molecule has 0 spiro atoms. The third-order valence-corrected chi connectivity index (χ3v) is 6.16. The van der Waals surface area contributed by atoms with Crippen LogP contribution < -0.4 is 4.90 Å². The lowest BCUT2D eigenvalue weighted by molar-refractivity contribution is -0.135. The molecule has 2 aromatic carbocycles. The Morgan fingerprint density at radius 3 is 2.36 bits per heavy atom. The van der Waals surface area contributed by atoms with Gasteiger partial charge in [0.2, 0.25) is 0 Å². The highest BCUT2D eigenvalue weighted by molar-refractivity contribution is 9.10. The zero-order valence-corrected chi connectivity index (χ0v) is 18.2. The van der Waals surface area contributed by atoms with E-state index in [1.807, 2.05) is 33.8 Å². The van der Waals surface area contributed by atoms with Crippen LogP contribution in [0.25, 0.3) is 0 Å². The molecule has 3 rings (SSSR count). The number of Topliss-reactive ketones (excluding diaryl/α,β-unsaturated/α-hetero) is 1. The second-order valence-corrected chi connectivity index (χ2v) is 8.38. The number of anilines is 1. The maximum Gasteiger partial charge on any atom is 0.264 e. The number of halogens is 1. The van der Waals surface area contributed by atoms with Crippen LogP contribution in [0.1, 0.15) is 44.6 Å². The van der Waals surface area contributed by atoms with Crippen molar-refractivity contribution >= 4 is 33.3 Å². The predicted molar refractivity (Wildman–Crippen MR) is 115 cm³/mol. The first-order chi connectivity index (χ1) is 13.1. The molecule has 1 unspecified atom stereocenters. The van der Waals surface area contributed by atoms with Gasteiger partial charge < -0.3 is 10.0 Å². The lowest BCUT2D eigenvalue weighted by Gasteiger charge is -2.23. The molecule has 146 valence electrons. The van der Waals surface area contributed by atoms with Gasteiger partial charge in [-0.3, -0.25) is 9.59 Å². The Kier molecular flexibility index (Phi) is 5.34. The van der Waals surface area contributed by atoms with Crippen LogP contribution in [-0.2, 0) is 10.4 Å². The van der Waals surface area contributed by atoms with Crippen molar-refractivity contribution in [1.82, 2.24) is 0 Å². The Morgan fingerprint density at radius 1 is 1.18 bits per heavy atom. The number of hydrogen-bond acceptors (Lipinski definition) is 3. The van der Waals surface area contributed by atoms with E-state index in [0.717, 1.165) is 26.7 Å². The summed E-state index contributed by atoms with van der Waals surface area (Å²) >= 11 is 3.40. The average molecular weight is 442 g/mol. The molecule has 1 aliphatic rings. The number of rotatable bonds is 5. The van der Waals surface area contributed by atoms with Crippen molar-refractivity contribution in [1.29, 1.82) is 0 Å². The summed E-state index contributed by atoms with van der Waals surface area (Å²) < 4.78 is 0.740. The first-order valence-electron chi connectivity index (χ1n) is 9.17. The Balaban J connectivity index is 2.10. The number of aryl methyl sites for hydroxylation is 2. The van der Waals surface area contributed by atoms with Gasteiger partial charge in [0.15, 0.2) is 11.4 Å². The van der Waals surface area contributed by atoms with Crippen LogP contribution in [0.4, 0.5) is 5.69 Å². The summed E-state index contributed by atoms with van der Waals surface area (Å²) in [5.41, 5.74) is 3.58. The fraction of sp³-hybridized carbons (Fsp3) is 0.304. The third kappa shape index (κ3) is 3.12. The van der Waals surface area contributed by atoms with E-state index < -0.39 is 11.5 Å². The average Bonchev–Trinajstić information content (AvgIpc) is 2.82. The number of ketones is 1. The molecule has 1 atom stereocenters. The summed E-state index contributed by atoms with van der Waals surface area (Å²) in [6.07, 6.45) is 1.31. The highest BCUT2D eigenvalue weighted by Crippen LogP contribution is 2.44. The molecule has 1 aliphatic heterocycles. The van der Waals surface area contributed by atoms with E-state index in [1.54, 1.807) is 18.2 Å². The van der Waals surface area contributed by atoms with Crippen molar-refractivity contribution in [3.63, 3.8) is 0 Å². The van der Waals surface area contributed by atoms with Crippen molar-refractivity contribution in [3.05, 3.63) is 74.8 Å². The van der Waals surface area contributed by atoms with Crippen LogP contribution in [0.3, 0.4) is 0 Å². The number of fused-ring (bicyclic) bond motifs is 1. The molecule has 0 fully saturated rings. The highest BCUT2D eigenvalue weighted by atomic mass is 79.9. The molecular weight excluding hydrogens is 418 g/mol. The summed E-state index contributed by atoms with van der Waals surface area (Å²) in [5, 5.41) is 11.4. The molecule has 4 nitrogen and oxygen atoms in total. The summed E-state index contributed by atoms with van der Waals surface area (Å²) in [6, 6.07) is 7.35. The van der Waals surface area contributed by atoms with Crippen molar-refractivity contribution in [3.8, 4) is 0 Å². The minimum absolute atomic E-state index is 0.232. The number of carbonyl (C=O) groups excluding carboxylic acids is 2. The third-order valence-electron chi connectivity index (χ3n) is 5.67. The molecule has 1 amide bonds. The molecule has 0 saturated carbocycles. The molecule has 2 aromatic rings. The lowest BCUT2D eigenvalue weighted by Crippen LogP contribution is -2.42. The number of nitrogens with zero attached hydrogens (tertiary/aromatic N) is 1. The van der Waals surface area contributed by atoms with Crippen molar-refractivity contribution in [2.24, 2.45) is 0 Å². The first kappa shape index (κ1) is 20.5. The number of benzene rings is 2. The van der Waals surface area contributed by atoms with Gasteiger partial charge in [-0.1, -0.05) is 28.1 Å². The lowest BCUT2D eigenvalue weighted by atomic mass is 9.84. The topological polar surface area (TPSA) is 57.6 Å². The minimum Gasteiger partial charge on any atom is -0.375 e. The Labute approximate surface area is 174 Å². The molecule has 0 aromatic heterocycles. The number of carbonyl (C=O) groups is 2. The number of hydrogen-bond donors (Lipinski definition) is 1. The van der Waals surface area contributed by atoms with Crippen molar-refractivity contribution in [2.75, 3.05) is 11.4 Å². The first-order valence-corrected chi connectivity index (χ1v) is 9.97. The van der Waals surface area contributed by atoms with Gasteiger partial charge in [0.1, 0.15) is 0 Å². The summed E-state index contributed by atoms with van der Waals surface area (Å²) in [7, 11) is 0. The fourth-order valence-corrected chi connectivity index (χ4v) is 4.32. The van der Waals surface area contributed by atoms with Gasteiger partial charge in [-0.25, -0.2) is 0 Å². The van der Waals surface area contributed by atoms with Gasteiger partial charge in [-0.15, -0.1) is 6.58 Å². The highest BCUT2D eigenvalue weighted by Gasteiger charge is 2.51. The largest absolute Gasteiger partial charge is 0.375 e. The predicted octanol–water partition coefficient (Wildman–Crippen LogP) is 4.68. The zero-order chi connectivity index (χ0) is 20.8. The second-order valence-electron chi connectivity index (χ2n) is 7.46. The smallest absolute Gasteiger partial charge is 0.264 e. The summed E-state index contributed by atoms with van der Waals surface area (Å²) in [6.45, 7) is 11.7. The molecule has 28 heavy (non-hydrogen) atoms. The second kappa shape index (κ2) is 7.30. The van der Waals surface area contributed by atoms with Gasteiger partial charge in [-0.05, 0) is 68.1 Å². The van der Waals surface area contributed by atoms with Crippen molar-refractivity contribution in [2.45, 2.75) is 39.7 Å². The molecule has 0 bridgehead atoms. The van der Waals surface area contributed by atoms with E-state index in [4.69, 9.17) is 0 Å². The maximum atomic E-state index is 13.3. The molecule has 1 N–H and O–H groups in total. The van der Waals surface area contributed by atoms with E-state index in [1.165, 1.54) is 4.90 Å². The summed E-state index contributed by atoms with van der Waals surface area (Å²) in [5.74, 6) is -0.724. The molecule has 0 saturated heterocycles. The Morgan fingerprint density at radius 2 is 1.79 bits per heavy atom. The van der Waals surface area contributed by atoms with Crippen LogP contribution in [0.5, 0.6) is 0 Å². The Hall–Kier alpha value is -2.24. The van der Waals surface area contributed by atoms with Gasteiger partial charge in [-0.2, -0.15) is 0 Å². The summed E-state index contributed by atoms with van der Waals surface area (Å²) in [4.78, 5) is 27.9. The fourth-order valence-electron chi connectivity index (χ4n) is 3.96. The van der Waals surface area contributed by atoms with Crippen LogP contribution >= 0.6 is 15.9 Å². The van der Waals surface area contributed by atoms with Crippen LogP contribution in [-0.4, -0.2) is 23.3 Å². The minimum atomic E-state index is -1.89. The van der Waals surface area contributed by atoms with Gasteiger partial charge in [0.05, 0.1) is 12.1 Å². The van der Waals surface area contributed by atoms with Crippen LogP contribution in [0.2, 0.25) is 0 Å². The molecule has 1 heterocycles. The van der Waals surface area contributed by atoms with Gasteiger partial charge in [0, 0.05) is 22.1 Å².